The lowest BCUT2D eigenvalue weighted by atomic mass is 10.00. The molecule has 1 fully saturated rings. The third-order valence-corrected chi connectivity index (χ3v) is 5.12. The summed E-state index contributed by atoms with van der Waals surface area (Å²) in [4.78, 5) is 16.7. The van der Waals surface area contributed by atoms with Gasteiger partial charge in [0.25, 0.3) is 5.91 Å². The molecular weight excluding hydrogens is 374 g/mol. The number of aromatic nitrogens is 1. The Morgan fingerprint density at radius 3 is 2.56 bits per heavy atom. The van der Waals surface area contributed by atoms with Crippen LogP contribution in [0.4, 0.5) is 8.78 Å². The monoisotopic (exact) mass is 388 g/mol. The van der Waals surface area contributed by atoms with Crippen molar-refractivity contribution in [1.82, 2.24) is 10.3 Å². The average molecular weight is 389 g/mol. The van der Waals surface area contributed by atoms with Gasteiger partial charge < -0.3 is 9.73 Å². The molecule has 4 rings (SSSR count). The van der Waals surface area contributed by atoms with E-state index in [0.717, 1.165) is 36.1 Å². The van der Waals surface area contributed by atoms with Crippen molar-refractivity contribution in [3.8, 4) is 11.1 Å². The van der Waals surface area contributed by atoms with Crippen LogP contribution in [-0.2, 0) is 5.41 Å². The number of carbonyl (C=O) groups is 1. The van der Waals surface area contributed by atoms with Gasteiger partial charge in [-0.2, -0.15) is 0 Å². The maximum atomic E-state index is 13.8. The van der Waals surface area contributed by atoms with Crippen LogP contribution in [0.25, 0.3) is 11.1 Å². The molecule has 2 aromatic heterocycles. The molecular formula is C20H15ClF2N2O2. The van der Waals surface area contributed by atoms with E-state index >= 15 is 0 Å². The fraction of sp³-hybridized carbons (Fsp3) is 0.200. The number of nitrogens with one attached hydrogen (secondary N) is 1. The Hall–Kier alpha value is -2.73. The van der Waals surface area contributed by atoms with Gasteiger partial charge in [-0.25, -0.2) is 8.78 Å². The molecule has 1 N–H and O–H groups in total. The fourth-order valence-corrected chi connectivity index (χ4v) is 3.48. The van der Waals surface area contributed by atoms with E-state index in [1.165, 1.54) is 6.07 Å². The second-order valence-electron chi connectivity index (χ2n) is 6.63. The second kappa shape index (κ2) is 6.78. The summed E-state index contributed by atoms with van der Waals surface area (Å²) in [6.45, 7) is 0.206. The first-order valence-corrected chi connectivity index (χ1v) is 8.79. The van der Waals surface area contributed by atoms with Gasteiger partial charge in [0.1, 0.15) is 17.2 Å². The SMILES string of the molecule is O=C(NCC1(c2ncc(-c3ccoc3)cc2Cl)CC1)c1c(F)cccc1F. The number of amides is 1. The largest absolute Gasteiger partial charge is 0.472 e. The van der Waals surface area contributed by atoms with Crippen LogP contribution < -0.4 is 5.32 Å². The van der Waals surface area contributed by atoms with Gasteiger partial charge in [0.2, 0.25) is 0 Å². The highest BCUT2D eigenvalue weighted by molar-refractivity contribution is 6.31. The number of carbonyl (C=O) groups excluding carboxylic acids is 1. The Labute approximate surface area is 159 Å². The molecule has 27 heavy (non-hydrogen) atoms. The lowest BCUT2D eigenvalue weighted by molar-refractivity contribution is 0.0941. The van der Waals surface area contributed by atoms with E-state index in [4.69, 9.17) is 16.0 Å². The molecule has 3 aromatic rings. The van der Waals surface area contributed by atoms with Gasteiger partial charge in [-0.1, -0.05) is 17.7 Å². The first-order valence-electron chi connectivity index (χ1n) is 8.41. The molecule has 0 unspecified atom stereocenters. The molecule has 1 aliphatic carbocycles. The Bertz CT molecular complexity index is 981. The van der Waals surface area contributed by atoms with Crippen LogP contribution in [0, 0.1) is 11.6 Å². The van der Waals surface area contributed by atoms with Gasteiger partial charge >= 0.3 is 0 Å². The predicted molar refractivity (Wildman–Crippen MR) is 96.6 cm³/mol. The normalized spacial score (nSPS) is 14.8. The minimum atomic E-state index is -0.891. The number of benzene rings is 1. The van der Waals surface area contributed by atoms with Gasteiger partial charge in [0.05, 0.1) is 23.2 Å². The maximum absolute atomic E-state index is 13.8. The zero-order valence-electron chi connectivity index (χ0n) is 14.1. The Balaban J connectivity index is 1.52. The van der Waals surface area contributed by atoms with Crippen molar-refractivity contribution >= 4 is 17.5 Å². The van der Waals surface area contributed by atoms with E-state index in [2.05, 4.69) is 10.3 Å². The van der Waals surface area contributed by atoms with Crippen LogP contribution in [0.1, 0.15) is 28.9 Å². The van der Waals surface area contributed by atoms with E-state index in [1.807, 2.05) is 6.07 Å². The molecule has 1 aromatic carbocycles. The lowest BCUT2D eigenvalue weighted by Gasteiger charge is -2.18. The van der Waals surface area contributed by atoms with Crippen LogP contribution in [0.2, 0.25) is 5.02 Å². The van der Waals surface area contributed by atoms with E-state index in [9.17, 15) is 13.6 Å². The van der Waals surface area contributed by atoms with E-state index < -0.39 is 28.5 Å². The third kappa shape index (κ3) is 3.32. The molecule has 7 heteroatoms. The zero-order valence-corrected chi connectivity index (χ0v) is 14.9. The summed E-state index contributed by atoms with van der Waals surface area (Å²) in [5.41, 5.74) is 1.37. The molecule has 0 radical (unpaired) electrons. The highest BCUT2D eigenvalue weighted by atomic mass is 35.5. The number of rotatable bonds is 5. The second-order valence-corrected chi connectivity index (χ2v) is 7.03. The molecule has 4 nitrogen and oxygen atoms in total. The topological polar surface area (TPSA) is 55.1 Å². The summed E-state index contributed by atoms with van der Waals surface area (Å²) in [6, 6.07) is 6.93. The van der Waals surface area contributed by atoms with Crippen molar-refractivity contribution < 1.29 is 18.0 Å². The molecule has 0 saturated heterocycles. The third-order valence-electron chi connectivity index (χ3n) is 4.83. The van der Waals surface area contributed by atoms with Gasteiger partial charge in [-0.15, -0.1) is 0 Å². The van der Waals surface area contributed by atoms with Gasteiger partial charge in [0.15, 0.2) is 0 Å². The van der Waals surface area contributed by atoms with Crippen LogP contribution in [-0.4, -0.2) is 17.4 Å². The summed E-state index contributed by atoms with van der Waals surface area (Å²) in [5, 5.41) is 3.10. The predicted octanol–water partition coefficient (Wildman–Crippen LogP) is 4.73. The molecule has 2 heterocycles. The number of hydrogen-bond donors (Lipinski definition) is 1. The molecule has 0 aliphatic heterocycles. The molecule has 0 bridgehead atoms. The van der Waals surface area contributed by atoms with Crippen LogP contribution in [0.15, 0.2) is 53.5 Å². The maximum Gasteiger partial charge on any atom is 0.257 e. The first-order chi connectivity index (χ1) is 13.0. The van der Waals surface area contributed by atoms with Crippen LogP contribution in [0.3, 0.4) is 0 Å². The standard InChI is InChI=1S/C20H15ClF2N2O2/c21-14-8-13(12-4-7-27-10-12)9-24-18(14)20(5-6-20)11-25-19(26)17-15(22)2-1-3-16(17)23/h1-4,7-10H,5-6,11H2,(H,25,26). The summed E-state index contributed by atoms with van der Waals surface area (Å²) >= 11 is 6.43. The number of furan rings is 1. The Kier molecular flexibility index (Phi) is 4.44. The minimum Gasteiger partial charge on any atom is -0.472 e. The molecule has 1 saturated carbocycles. The van der Waals surface area contributed by atoms with E-state index in [0.29, 0.717) is 10.7 Å². The van der Waals surface area contributed by atoms with Gasteiger partial charge in [0, 0.05) is 29.3 Å². The molecule has 0 atom stereocenters. The molecule has 1 amide bonds. The van der Waals surface area contributed by atoms with Crippen molar-refractivity contribution in [2.75, 3.05) is 6.54 Å². The van der Waals surface area contributed by atoms with Crippen molar-refractivity contribution in [2.24, 2.45) is 0 Å². The quantitative estimate of drug-likeness (QED) is 0.687. The highest BCUT2D eigenvalue weighted by Crippen LogP contribution is 2.49. The highest BCUT2D eigenvalue weighted by Gasteiger charge is 2.47. The smallest absolute Gasteiger partial charge is 0.257 e. The number of pyridine rings is 1. The van der Waals surface area contributed by atoms with Crippen LogP contribution >= 0.6 is 11.6 Å². The molecule has 138 valence electrons. The van der Waals surface area contributed by atoms with E-state index in [1.54, 1.807) is 24.8 Å². The average Bonchev–Trinajstić information content (AvgIpc) is 3.22. The first kappa shape index (κ1) is 17.7. The van der Waals surface area contributed by atoms with Crippen molar-refractivity contribution in [2.45, 2.75) is 18.3 Å². The Morgan fingerprint density at radius 1 is 1.22 bits per heavy atom. The van der Waals surface area contributed by atoms with Gasteiger partial charge in [-0.05, 0) is 37.1 Å². The van der Waals surface area contributed by atoms with Crippen molar-refractivity contribution in [1.29, 1.82) is 0 Å². The molecule has 0 spiro atoms. The summed E-state index contributed by atoms with van der Waals surface area (Å²) in [6.07, 6.45) is 6.43. The van der Waals surface area contributed by atoms with E-state index in [-0.39, 0.29) is 6.54 Å². The van der Waals surface area contributed by atoms with Gasteiger partial charge in [-0.3, -0.25) is 9.78 Å². The zero-order chi connectivity index (χ0) is 19.0. The fourth-order valence-electron chi connectivity index (χ4n) is 3.12. The minimum absolute atomic E-state index is 0.206. The van der Waals surface area contributed by atoms with Crippen LogP contribution in [0.5, 0.6) is 0 Å². The summed E-state index contributed by atoms with van der Waals surface area (Å²) in [5.74, 6) is -2.57. The Morgan fingerprint density at radius 2 is 1.96 bits per heavy atom. The number of halogens is 3. The van der Waals surface area contributed by atoms with Crippen molar-refractivity contribution in [3.05, 3.63) is 77.0 Å². The lowest BCUT2D eigenvalue weighted by Crippen LogP contribution is -2.34. The molecule has 1 aliphatic rings. The number of hydrogen-bond acceptors (Lipinski definition) is 3. The van der Waals surface area contributed by atoms with Crippen molar-refractivity contribution in [3.63, 3.8) is 0 Å². The summed E-state index contributed by atoms with van der Waals surface area (Å²) < 4.78 is 32.6. The summed E-state index contributed by atoms with van der Waals surface area (Å²) in [7, 11) is 0. The number of nitrogens with zero attached hydrogens (tertiary/aromatic N) is 1.